The molecule has 81 valence electrons. The first-order valence-electron chi connectivity index (χ1n) is 3.62. The average Bonchev–Trinajstić information content (AvgIpc) is 2.05. The van der Waals surface area contributed by atoms with Gasteiger partial charge in [-0.15, -0.1) is 13.2 Å². The number of ether oxygens (including phenoxy) is 2. The quantitative estimate of drug-likeness (QED) is 0.569. The van der Waals surface area contributed by atoms with Crippen LogP contribution in [0.4, 0.5) is 18.0 Å². The molecule has 7 heteroatoms. The van der Waals surface area contributed by atoms with E-state index in [0.29, 0.717) is 0 Å². The molecule has 1 aromatic rings. The van der Waals surface area contributed by atoms with Crippen molar-refractivity contribution in [3.05, 3.63) is 24.3 Å². The van der Waals surface area contributed by atoms with E-state index < -0.39 is 24.0 Å². The highest BCUT2D eigenvalue weighted by atomic mass is 19.4. The van der Waals surface area contributed by atoms with Gasteiger partial charge in [0.05, 0.1) is 0 Å². The second-order valence-electron chi connectivity index (χ2n) is 2.35. The Morgan fingerprint density at radius 2 is 1.67 bits per heavy atom. The van der Waals surface area contributed by atoms with E-state index in [9.17, 15) is 23.1 Å². The molecule has 1 rings (SSSR count). The highest BCUT2D eigenvalue weighted by Gasteiger charge is 2.32. The van der Waals surface area contributed by atoms with Gasteiger partial charge < -0.3 is 9.47 Å². The summed E-state index contributed by atoms with van der Waals surface area (Å²) in [5.41, 5.74) is 0. The Morgan fingerprint density at radius 1 is 1.13 bits per heavy atom. The number of hydrogen-bond donors (Lipinski definition) is 0. The molecule has 0 amide bonds. The summed E-state index contributed by atoms with van der Waals surface area (Å²) in [6.45, 7) is 0. The molecule has 0 aliphatic carbocycles. The standard InChI is InChI=1S/C8H4F3O4/c9-8(10,11)15-6-4-2-1-3-5(6)14-7(12)13/h1-4H. The fourth-order valence-corrected chi connectivity index (χ4v) is 0.833. The second kappa shape index (κ2) is 4.07. The van der Waals surface area contributed by atoms with E-state index in [-0.39, 0.29) is 0 Å². The summed E-state index contributed by atoms with van der Waals surface area (Å²) in [5, 5.41) is 10.0. The molecule has 0 saturated carbocycles. The Labute approximate surface area is 81.8 Å². The van der Waals surface area contributed by atoms with Crippen LogP contribution in [-0.4, -0.2) is 12.5 Å². The molecule has 0 heterocycles. The summed E-state index contributed by atoms with van der Waals surface area (Å²) in [5.74, 6) is -1.32. The first-order valence-corrected chi connectivity index (χ1v) is 3.62. The Morgan fingerprint density at radius 3 is 2.13 bits per heavy atom. The van der Waals surface area contributed by atoms with Gasteiger partial charge in [0.15, 0.2) is 11.5 Å². The van der Waals surface area contributed by atoms with Crippen molar-refractivity contribution in [3.8, 4) is 11.5 Å². The molecule has 0 atom stereocenters. The summed E-state index contributed by atoms with van der Waals surface area (Å²) in [6.07, 6.45) is -6.88. The van der Waals surface area contributed by atoms with Crippen LogP contribution in [0.3, 0.4) is 0 Å². The summed E-state index contributed by atoms with van der Waals surface area (Å²) >= 11 is 0. The molecule has 0 bridgehead atoms. The minimum absolute atomic E-state index is 0.574. The second-order valence-corrected chi connectivity index (χ2v) is 2.35. The van der Waals surface area contributed by atoms with E-state index in [1.807, 2.05) is 0 Å². The van der Waals surface area contributed by atoms with Crippen molar-refractivity contribution >= 4 is 6.16 Å². The third-order valence-electron chi connectivity index (χ3n) is 1.27. The lowest BCUT2D eigenvalue weighted by Crippen LogP contribution is -2.18. The van der Waals surface area contributed by atoms with Crippen LogP contribution in [0.1, 0.15) is 0 Å². The van der Waals surface area contributed by atoms with Crippen LogP contribution in [0, 0.1) is 0 Å². The fraction of sp³-hybridized carbons (Fsp3) is 0.125. The number of benzene rings is 1. The van der Waals surface area contributed by atoms with Crippen LogP contribution in [0.15, 0.2) is 24.3 Å². The van der Waals surface area contributed by atoms with Gasteiger partial charge in [0.25, 0.3) is 0 Å². The molecule has 1 radical (unpaired) electrons. The summed E-state index contributed by atoms with van der Waals surface area (Å²) in [6, 6.07) is 4.47. The Balaban J connectivity index is 2.91. The number of hydrogen-bond acceptors (Lipinski definition) is 3. The van der Waals surface area contributed by atoms with Crippen molar-refractivity contribution in [1.29, 1.82) is 0 Å². The molecule has 0 aliphatic heterocycles. The zero-order valence-electron chi connectivity index (χ0n) is 7.08. The van der Waals surface area contributed by atoms with Crippen molar-refractivity contribution < 1.29 is 32.5 Å². The predicted molar refractivity (Wildman–Crippen MR) is 39.8 cm³/mol. The summed E-state index contributed by atoms with van der Waals surface area (Å²) < 4.78 is 42.9. The molecule has 0 aromatic heterocycles. The molecule has 0 unspecified atom stereocenters. The van der Waals surface area contributed by atoms with Crippen molar-refractivity contribution in [1.82, 2.24) is 0 Å². The van der Waals surface area contributed by atoms with Gasteiger partial charge in [-0.25, -0.2) is 0 Å². The molecular formula is C8H4F3O4. The van der Waals surface area contributed by atoms with E-state index in [1.165, 1.54) is 12.1 Å². The zero-order valence-corrected chi connectivity index (χ0v) is 7.08. The van der Waals surface area contributed by atoms with E-state index in [2.05, 4.69) is 9.47 Å². The molecule has 15 heavy (non-hydrogen) atoms. The van der Waals surface area contributed by atoms with Crippen molar-refractivity contribution in [3.63, 3.8) is 0 Å². The lowest BCUT2D eigenvalue weighted by molar-refractivity contribution is -0.275. The summed E-state index contributed by atoms with van der Waals surface area (Å²) in [4.78, 5) is 10.0. The molecule has 0 N–H and O–H groups in total. The largest absolute Gasteiger partial charge is 0.573 e. The van der Waals surface area contributed by atoms with Gasteiger partial charge in [0.2, 0.25) is 0 Å². The van der Waals surface area contributed by atoms with Crippen LogP contribution in [-0.2, 0) is 5.11 Å². The highest BCUT2D eigenvalue weighted by Crippen LogP contribution is 2.31. The van der Waals surface area contributed by atoms with E-state index in [4.69, 9.17) is 0 Å². The first-order chi connectivity index (χ1) is 6.88. The number of para-hydroxylation sites is 2. The van der Waals surface area contributed by atoms with Gasteiger partial charge in [0.1, 0.15) is 0 Å². The molecular weight excluding hydrogens is 217 g/mol. The maximum absolute atomic E-state index is 11.8. The molecule has 0 fully saturated rings. The molecule has 0 saturated heterocycles. The molecule has 1 aromatic carbocycles. The van der Waals surface area contributed by atoms with Gasteiger partial charge in [-0.3, -0.25) is 0 Å². The SMILES string of the molecule is [O]C(=O)Oc1ccccc1OC(F)(F)F. The van der Waals surface area contributed by atoms with Crippen molar-refractivity contribution in [2.24, 2.45) is 0 Å². The predicted octanol–water partition coefficient (Wildman–Crippen LogP) is 2.51. The zero-order chi connectivity index (χ0) is 11.5. The summed E-state index contributed by atoms with van der Waals surface area (Å²) in [7, 11) is 0. The number of rotatable bonds is 2. The van der Waals surface area contributed by atoms with Crippen molar-refractivity contribution in [2.75, 3.05) is 0 Å². The number of alkyl halides is 3. The third kappa shape index (κ3) is 3.75. The van der Waals surface area contributed by atoms with Crippen LogP contribution in [0.5, 0.6) is 11.5 Å². The molecule has 0 spiro atoms. The van der Waals surface area contributed by atoms with Crippen LogP contribution < -0.4 is 9.47 Å². The van der Waals surface area contributed by atoms with Gasteiger partial charge in [-0.2, -0.15) is 9.90 Å². The molecule has 0 aliphatic rings. The van der Waals surface area contributed by atoms with Crippen LogP contribution in [0.25, 0.3) is 0 Å². The first kappa shape index (κ1) is 11.2. The lowest BCUT2D eigenvalue weighted by atomic mass is 10.3. The van der Waals surface area contributed by atoms with Crippen LogP contribution in [0.2, 0.25) is 0 Å². The topological polar surface area (TPSA) is 55.4 Å². The Kier molecular flexibility index (Phi) is 3.03. The van der Waals surface area contributed by atoms with E-state index in [0.717, 1.165) is 12.1 Å². The number of carbonyl (C=O) groups is 1. The van der Waals surface area contributed by atoms with Gasteiger partial charge in [-0.05, 0) is 12.1 Å². The highest BCUT2D eigenvalue weighted by molar-refractivity contribution is 5.62. The fourth-order valence-electron chi connectivity index (χ4n) is 0.833. The lowest BCUT2D eigenvalue weighted by Gasteiger charge is -2.10. The van der Waals surface area contributed by atoms with Crippen LogP contribution >= 0.6 is 0 Å². The maximum Gasteiger partial charge on any atom is 0.573 e. The van der Waals surface area contributed by atoms with Gasteiger partial charge in [-0.1, -0.05) is 12.1 Å². The smallest absolute Gasteiger partial charge is 0.402 e. The van der Waals surface area contributed by atoms with E-state index >= 15 is 0 Å². The Bertz CT molecular complexity index is 361. The van der Waals surface area contributed by atoms with Gasteiger partial charge in [0, 0.05) is 0 Å². The van der Waals surface area contributed by atoms with Gasteiger partial charge >= 0.3 is 12.5 Å². The Hall–Kier alpha value is -1.92. The van der Waals surface area contributed by atoms with Crippen molar-refractivity contribution in [2.45, 2.75) is 6.36 Å². The minimum atomic E-state index is -4.91. The average molecular weight is 221 g/mol. The number of carbonyl (C=O) groups excluding carboxylic acids is 1. The monoisotopic (exact) mass is 221 g/mol. The number of halogens is 3. The normalized spacial score (nSPS) is 10.9. The maximum atomic E-state index is 11.8. The molecule has 4 nitrogen and oxygen atoms in total. The third-order valence-corrected chi connectivity index (χ3v) is 1.27. The minimum Gasteiger partial charge on any atom is -0.402 e. The van der Waals surface area contributed by atoms with E-state index in [1.54, 1.807) is 0 Å².